The summed E-state index contributed by atoms with van der Waals surface area (Å²) in [5.74, 6) is -0.687. The van der Waals surface area contributed by atoms with Crippen LogP contribution >= 0.6 is 0 Å². The van der Waals surface area contributed by atoms with E-state index in [2.05, 4.69) is 0 Å². The molecule has 0 aromatic heterocycles. The van der Waals surface area contributed by atoms with Crippen molar-refractivity contribution in [3.8, 4) is 0 Å². The van der Waals surface area contributed by atoms with E-state index in [-0.39, 0.29) is 11.3 Å². The maximum atomic E-state index is 12.9. The first kappa shape index (κ1) is 10.8. The van der Waals surface area contributed by atoms with Crippen LogP contribution < -0.4 is 5.73 Å². The Balaban J connectivity index is 3.06. The number of aliphatic hydroxyl groups is 1. The maximum Gasteiger partial charge on any atom is 0.150 e. The molecule has 1 aromatic rings. The van der Waals surface area contributed by atoms with Crippen LogP contribution in [0.4, 0.5) is 4.39 Å². The van der Waals surface area contributed by atoms with Crippen LogP contribution in [-0.4, -0.2) is 10.9 Å². The zero-order valence-electron chi connectivity index (χ0n) is 7.83. The monoisotopic (exact) mass is 197 g/mol. The number of hydrogen-bond acceptors (Lipinski definition) is 3. The van der Waals surface area contributed by atoms with Crippen molar-refractivity contribution in [2.75, 3.05) is 0 Å². The predicted octanol–water partition coefficient (Wildman–Crippen LogP) is 0.907. The van der Waals surface area contributed by atoms with Crippen LogP contribution in [0, 0.1) is 5.82 Å². The van der Waals surface area contributed by atoms with Crippen LogP contribution in [0.5, 0.6) is 0 Å². The van der Waals surface area contributed by atoms with Gasteiger partial charge in [0.25, 0.3) is 0 Å². The van der Waals surface area contributed by atoms with Gasteiger partial charge in [-0.05, 0) is 24.6 Å². The summed E-state index contributed by atoms with van der Waals surface area (Å²) >= 11 is 0. The van der Waals surface area contributed by atoms with Crippen molar-refractivity contribution in [2.24, 2.45) is 5.73 Å². The minimum absolute atomic E-state index is 0.152. The molecule has 0 aliphatic rings. The lowest BCUT2D eigenvalue weighted by atomic mass is 10.0. The molecular weight excluding hydrogens is 185 g/mol. The van der Waals surface area contributed by atoms with Gasteiger partial charge in [0.15, 0.2) is 5.78 Å². The molecule has 0 spiro atoms. The lowest BCUT2D eigenvalue weighted by Crippen LogP contribution is -2.18. The quantitative estimate of drug-likeness (QED) is 0.756. The van der Waals surface area contributed by atoms with Gasteiger partial charge >= 0.3 is 0 Å². The Bertz CT molecular complexity index is 352. The number of nitrogens with two attached hydrogens (primary N) is 1. The van der Waals surface area contributed by atoms with Gasteiger partial charge in [-0.1, -0.05) is 6.07 Å². The molecule has 4 heteroatoms. The van der Waals surface area contributed by atoms with Gasteiger partial charge in [-0.15, -0.1) is 0 Å². The van der Waals surface area contributed by atoms with Crippen molar-refractivity contribution in [3.63, 3.8) is 0 Å². The maximum absolute atomic E-state index is 12.9. The second-order valence-electron chi connectivity index (χ2n) is 3.10. The van der Waals surface area contributed by atoms with Gasteiger partial charge < -0.3 is 10.8 Å². The Morgan fingerprint density at radius 3 is 2.79 bits per heavy atom. The van der Waals surface area contributed by atoms with Crippen LogP contribution in [0.25, 0.3) is 0 Å². The van der Waals surface area contributed by atoms with Crippen molar-refractivity contribution < 1.29 is 14.3 Å². The first-order valence-corrected chi connectivity index (χ1v) is 4.21. The molecule has 14 heavy (non-hydrogen) atoms. The molecule has 0 heterocycles. The van der Waals surface area contributed by atoms with Gasteiger partial charge in [0.2, 0.25) is 0 Å². The van der Waals surface area contributed by atoms with Crippen LogP contribution in [-0.2, 0) is 11.4 Å². The Morgan fingerprint density at radius 2 is 2.29 bits per heavy atom. The second kappa shape index (κ2) is 4.30. The van der Waals surface area contributed by atoms with Crippen molar-refractivity contribution in [3.05, 3.63) is 35.1 Å². The number of carbonyl (C=O) groups is 1. The number of hydrogen-bond donors (Lipinski definition) is 2. The molecule has 0 aliphatic carbocycles. The zero-order valence-corrected chi connectivity index (χ0v) is 7.83. The molecule has 0 radical (unpaired) electrons. The zero-order chi connectivity index (χ0) is 10.7. The highest BCUT2D eigenvalue weighted by Crippen LogP contribution is 2.16. The van der Waals surface area contributed by atoms with Gasteiger partial charge in [-0.3, -0.25) is 4.79 Å². The third kappa shape index (κ3) is 2.16. The normalized spacial score (nSPS) is 12.6. The summed E-state index contributed by atoms with van der Waals surface area (Å²) in [6.45, 7) is 0.969. The first-order valence-electron chi connectivity index (χ1n) is 4.21. The van der Waals surface area contributed by atoms with E-state index in [9.17, 15) is 9.18 Å². The Morgan fingerprint density at radius 1 is 1.64 bits per heavy atom. The molecule has 0 bridgehead atoms. The smallest absolute Gasteiger partial charge is 0.150 e. The third-order valence-electron chi connectivity index (χ3n) is 2.04. The van der Waals surface area contributed by atoms with E-state index in [0.29, 0.717) is 5.56 Å². The number of halogens is 1. The fraction of sp³-hybridized carbons (Fsp3) is 0.300. The summed E-state index contributed by atoms with van der Waals surface area (Å²) in [6, 6.07) is 3.30. The molecule has 76 valence electrons. The molecule has 1 unspecified atom stereocenters. The topological polar surface area (TPSA) is 63.3 Å². The Labute approximate surface area is 81.4 Å². The molecule has 3 nitrogen and oxygen atoms in total. The van der Waals surface area contributed by atoms with Crippen molar-refractivity contribution in [1.29, 1.82) is 0 Å². The minimum Gasteiger partial charge on any atom is -0.392 e. The Hall–Kier alpha value is -1.26. The molecule has 0 amide bonds. The lowest BCUT2D eigenvalue weighted by molar-refractivity contribution is -0.118. The molecule has 0 saturated heterocycles. The van der Waals surface area contributed by atoms with Gasteiger partial charge in [-0.2, -0.15) is 0 Å². The average Bonchev–Trinajstić information content (AvgIpc) is 2.17. The SMILES string of the molecule is CC(=O)C(N)c1ccc(F)c(CO)c1. The fourth-order valence-electron chi connectivity index (χ4n) is 1.14. The first-order chi connectivity index (χ1) is 6.56. The number of Topliss-reactive ketones (excluding diaryl/α,β-unsaturated/α-hetero) is 1. The number of ketones is 1. The van der Waals surface area contributed by atoms with E-state index in [4.69, 9.17) is 10.8 Å². The van der Waals surface area contributed by atoms with Crippen LogP contribution in [0.1, 0.15) is 24.1 Å². The number of benzene rings is 1. The van der Waals surface area contributed by atoms with Gasteiger partial charge in [0.1, 0.15) is 5.82 Å². The van der Waals surface area contributed by atoms with E-state index in [1.54, 1.807) is 0 Å². The van der Waals surface area contributed by atoms with Gasteiger partial charge in [0.05, 0.1) is 12.6 Å². The molecule has 0 aliphatic heterocycles. The predicted molar refractivity (Wildman–Crippen MR) is 49.9 cm³/mol. The average molecular weight is 197 g/mol. The van der Waals surface area contributed by atoms with E-state index >= 15 is 0 Å². The summed E-state index contributed by atoms with van der Waals surface area (Å²) < 4.78 is 12.9. The summed E-state index contributed by atoms with van der Waals surface area (Å²) in [4.78, 5) is 10.9. The highest BCUT2D eigenvalue weighted by molar-refractivity contribution is 5.82. The number of aliphatic hydroxyl groups excluding tert-OH is 1. The highest BCUT2D eigenvalue weighted by Gasteiger charge is 2.12. The number of carbonyl (C=O) groups excluding carboxylic acids is 1. The van der Waals surface area contributed by atoms with E-state index in [1.165, 1.54) is 25.1 Å². The summed E-state index contributed by atoms with van der Waals surface area (Å²) in [5, 5.41) is 8.80. The largest absolute Gasteiger partial charge is 0.392 e. The minimum atomic E-state index is -0.749. The molecule has 1 atom stereocenters. The molecule has 1 rings (SSSR count). The van der Waals surface area contributed by atoms with E-state index in [1.807, 2.05) is 0 Å². The Kier molecular flexibility index (Phi) is 3.33. The van der Waals surface area contributed by atoms with Crippen LogP contribution in [0.15, 0.2) is 18.2 Å². The highest BCUT2D eigenvalue weighted by atomic mass is 19.1. The van der Waals surface area contributed by atoms with Gasteiger partial charge in [-0.25, -0.2) is 4.39 Å². The van der Waals surface area contributed by atoms with Crippen LogP contribution in [0.2, 0.25) is 0 Å². The molecular formula is C10H12FNO2. The van der Waals surface area contributed by atoms with E-state index in [0.717, 1.165) is 0 Å². The van der Waals surface area contributed by atoms with Crippen LogP contribution in [0.3, 0.4) is 0 Å². The van der Waals surface area contributed by atoms with Gasteiger partial charge in [0, 0.05) is 5.56 Å². The van der Waals surface area contributed by atoms with Crippen molar-refractivity contribution in [1.82, 2.24) is 0 Å². The standard InChI is InChI=1S/C10H12FNO2/c1-6(14)10(12)7-2-3-9(11)8(4-7)5-13/h2-4,10,13H,5,12H2,1H3. The molecule has 0 fully saturated rings. The molecule has 1 aromatic carbocycles. The van der Waals surface area contributed by atoms with Crippen molar-refractivity contribution in [2.45, 2.75) is 19.6 Å². The fourth-order valence-corrected chi connectivity index (χ4v) is 1.14. The van der Waals surface area contributed by atoms with Crippen molar-refractivity contribution >= 4 is 5.78 Å². The summed E-state index contributed by atoms with van der Waals surface area (Å²) in [5.41, 5.74) is 6.23. The molecule has 3 N–H and O–H groups in total. The lowest BCUT2D eigenvalue weighted by Gasteiger charge is -2.09. The second-order valence-corrected chi connectivity index (χ2v) is 3.10. The van der Waals surface area contributed by atoms with E-state index < -0.39 is 18.5 Å². The number of rotatable bonds is 3. The summed E-state index contributed by atoms with van der Waals surface area (Å²) in [6.07, 6.45) is 0. The third-order valence-corrected chi connectivity index (χ3v) is 2.04. The molecule has 0 saturated carbocycles. The summed E-state index contributed by atoms with van der Waals surface area (Å²) in [7, 11) is 0.